The first-order chi connectivity index (χ1) is 8.40. The van der Waals surface area contributed by atoms with Gasteiger partial charge >= 0.3 is 0 Å². The highest BCUT2D eigenvalue weighted by atomic mass is 16.1. The predicted molar refractivity (Wildman–Crippen MR) is 75.7 cm³/mol. The zero-order chi connectivity index (χ0) is 13.3. The molecule has 0 unspecified atom stereocenters. The second kappa shape index (κ2) is 4.60. The Morgan fingerprint density at radius 2 is 1.83 bits per heavy atom. The van der Waals surface area contributed by atoms with Gasteiger partial charge in [0.15, 0.2) is 5.78 Å². The van der Waals surface area contributed by atoms with Crippen LogP contribution in [0.2, 0.25) is 0 Å². The molecule has 0 aromatic heterocycles. The Kier molecular flexibility index (Phi) is 3.29. The maximum absolute atomic E-state index is 11.8. The molecule has 96 valence electrons. The molecule has 2 nitrogen and oxygen atoms in total. The average Bonchev–Trinajstić information content (AvgIpc) is 2.29. The van der Waals surface area contributed by atoms with Gasteiger partial charge in [-0.1, -0.05) is 31.5 Å². The molecular formula is C16H21NO. The van der Waals surface area contributed by atoms with Crippen LogP contribution in [-0.4, -0.2) is 12.3 Å². The number of rotatable bonds is 2. The minimum atomic E-state index is -0.00691. The molecule has 0 N–H and O–H groups in total. The molecule has 1 aliphatic heterocycles. The lowest BCUT2D eigenvalue weighted by molar-refractivity contribution is -0.114. The van der Waals surface area contributed by atoms with Crippen LogP contribution < -0.4 is 4.90 Å². The molecule has 0 fully saturated rings. The van der Waals surface area contributed by atoms with E-state index < -0.39 is 0 Å². The van der Waals surface area contributed by atoms with Gasteiger partial charge in [0, 0.05) is 24.0 Å². The van der Waals surface area contributed by atoms with Crippen LogP contribution in [0.4, 0.5) is 5.69 Å². The summed E-state index contributed by atoms with van der Waals surface area (Å²) in [5.41, 5.74) is 3.34. The number of benzene rings is 1. The Bertz CT molecular complexity index is 482. The normalized spacial score (nSPS) is 18.4. The summed E-state index contributed by atoms with van der Waals surface area (Å²) in [6, 6.07) is 8.44. The minimum Gasteiger partial charge on any atom is -0.348 e. The van der Waals surface area contributed by atoms with Crippen molar-refractivity contribution >= 4 is 11.5 Å². The molecular weight excluding hydrogens is 222 g/mol. The number of ketones is 1. The number of allylic oxidation sites excluding steroid dienone is 1. The van der Waals surface area contributed by atoms with Gasteiger partial charge in [0.1, 0.15) is 0 Å². The third kappa shape index (κ3) is 2.47. The van der Waals surface area contributed by atoms with Gasteiger partial charge in [0.25, 0.3) is 0 Å². The lowest BCUT2D eigenvalue weighted by Crippen LogP contribution is -2.34. The van der Waals surface area contributed by atoms with Crippen molar-refractivity contribution in [2.75, 3.05) is 11.4 Å². The Balaban J connectivity index is 2.34. The summed E-state index contributed by atoms with van der Waals surface area (Å²) in [6.45, 7) is 9.00. The van der Waals surface area contributed by atoms with Crippen LogP contribution in [0.15, 0.2) is 36.0 Å². The van der Waals surface area contributed by atoms with E-state index in [2.05, 4.69) is 49.9 Å². The Morgan fingerprint density at radius 1 is 1.22 bits per heavy atom. The molecule has 1 aliphatic rings. The molecule has 1 heterocycles. The van der Waals surface area contributed by atoms with Gasteiger partial charge in [0.2, 0.25) is 0 Å². The van der Waals surface area contributed by atoms with Gasteiger partial charge < -0.3 is 4.90 Å². The van der Waals surface area contributed by atoms with Gasteiger partial charge in [-0.2, -0.15) is 0 Å². The Hall–Kier alpha value is -1.57. The van der Waals surface area contributed by atoms with Crippen LogP contribution in [0, 0.1) is 12.3 Å². The number of carbonyl (C=O) groups is 1. The SMILES string of the molecule is CC(=O)C1=CN(c2ccc(C)cc2)CCC1(C)C. The summed E-state index contributed by atoms with van der Waals surface area (Å²) in [7, 11) is 0. The third-order valence-electron chi connectivity index (χ3n) is 3.74. The number of hydrogen-bond acceptors (Lipinski definition) is 2. The molecule has 0 bridgehead atoms. The highest BCUT2D eigenvalue weighted by Crippen LogP contribution is 2.36. The van der Waals surface area contributed by atoms with E-state index >= 15 is 0 Å². The number of hydrogen-bond donors (Lipinski definition) is 0. The molecule has 0 radical (unpaired) electrons. The van der Waals surface area contributed by atoms with Gasteiger partial charge in [-0.25, -0.2) is 0 Å². The number of carbonyl (C=O) groups excluding carboxylic acids is 1. The van der Waals surface area contributed by atoms with Crippen molar-refractivity contribution in [3.8, 4) is 0 Å². The van der Waals surface area contributed by atoms with E-state index in [1.165, 1.54) is 5.56 Å². The lowest BCUT2D eigenvalue weighted by Gasteiger charge is -2.36. The summed E-state index contributed by atoms with van der Waals surface area (Å²) >= 11 is 0. The van der Waals surface area contributed by atoms with Crippen LogP contribution in [0.25, 0.3) is 0 Å². The zero-order valence-corrected chi connectivity index (χ0v) is 11.7. The van der Waals surface area contributed by atoms with Gasteiger partial charge in [0.05, 0.1) is 0 Å². The van der Waals surface area contributed by atoms with Gasteiger partial charge in [-0.15, -0.1) is 0 Å². The third-order valence-corrected chi connectivity index (χ3v) is 3.74. The number of Topliss-reactive ketones (excluding diaryl/α,β-unsaturated/α-hetero) is 1. The summed E-state index contributed by atoms with van der Waals surface area (Å²) < 4.78 is 0. The summed E-state index contributed by atoms with van der Waals surface area (Å²) in [6.07, 6.45) is 3.03. The minimum absolute atomic E-state index is 0.00691. The molecule has 2 heteroatoms. The van der Waals surface area contributed by atoms with Crippen molar-refractivity contribution in [1.29, 1.82) is 0 Å². The maximum Gasteiger partial charge on any atom is 0.157 e. The topological polar surface area (TPSA) is 20.3 Å². The molecule has 2 rings (SSSR count). The number of aryl methyl sites for hydroxylation is 1. The van der Waals surface area contributed by atoms with Crippen molar-refractivity contribution < 1.29 is 4.79 Å². The highest BCUT2D eigenvalue weighted by molar-refractivity contribution is 5.95. The molecule has 0 atom stereocenters. The molecule has 0 spiro atoms. The quantitative estimate of drug-likeness (QED) is 0.789. The Labute approximate surface area is 109 Å². The smallest absolute Gasteiger partial charge is 0.157 e. The molecule has 1 aromatic rings. The zero-order valence-electron chi connectivity index (χ0n) is 11.7. The van der Waals surface area contributed by atoms with Crippen molar-refractivity contribution in [2.45, 2.75) is 34.1 Å². The van der Waals surface area contributed by atoms with E-state index in [-0.39, 0.29) is 11.2 Å². The van der Waals surface area contributed by atoms with Crippen molar-refractivity contribution in [2.24, 2.45) is 5.41 Å². The van der Waals surface area contributed by atoms with Crippen molar-refractivity contribution in [3.63, 3.8) is 0 Å². The Morgan fingerprint density at radius 3 is 2.39 bits per heavy atom. The van der Waals surface area contributed by atoms with E-state index in [9.17, 15) is 4.79 Å². The average molecular weight is 243 g/mol. The first-order valence-electron chi connectivity index (χ1n) is 6.47. The predicted octanol–water partition coefficient (Wildman–Crippen LogP) is 3.70. The molecule has 1 aromatic carbocycles. The fourth-order valence-electron chi connectivity index (χ4n) is 2.44. The van der Waals surface area contributed by atoms with Crippen molar-refractivity contribution in [1.82, 2.24) is 0 Å². The van der Waals surface area contributed by atoms with E-state index in [0.29, 0.717) is 0 Å². The number of nitrogens with zero attached hydrogens (tertiary/aromatic N) is 1. The molecule has 0 aliphatic carbocycles. The van der Waals surface area contributed by atoms with Gasteiger partial charge in [-0.3, -0.25) is 4.79 Å². The van der Waals surface area contributed by atoms with E-state index in [1.54, 1.807) is 6.92 Å². The van der Waals surface area contributed by atoms with Crippen LogP contribution in [0.5, 0.6) is 0 Å². The first kappa shape index (κ1) is 12.9. The molecule has 18 heavy (non-hydrogen) atoms. The summed E-state index contributed by atoms with van der Waals surface area (Å²) in [5.74, 6) is 0.178. The summed E-state index contributed by atoms with van der Waals surface area (Å²) in [5, 5.41) is 0. The fraction of sp³-hybridized carbons (Fsp3) is 0.438. The maximum atomic E-state index is 11.8. The molecule has 0 saturated heterocycles. The van der Waals surface area contributed by atoms with Crippen molar-refractivity contribution in [3.05, 3.63) is 41.6 Å². The fourth-order valence-corrected chi connectivity index (χ4v) is 2.44. The second-order valence-electron chi connectivity index (χ2n) is 5.76. The lowest BCUT2D eigenvalue weighted by atomic mass is 9.77. The van der Waals surface area contributed by atoms with Crippen LogP contribution >= 0.6 is 0 Å². The first-order valence-corrected chi connectivity index (χ1v) is 6.47. The largest absolute Gasteiger partial charge is 0.348 e. The molecule has 0 amide bonds. The second-order valence-corrected chi connectivity index (χ2v) is 5.76. The number of anilines is 1. The van der Waals surface area contributed by atoms with E-state index in [0.717, 1.165) is 24.2 Å². The van der Waals surface area contributed by atoms with Crippen LogP contribution in [0.1, 0.15) is 32.8 Å². The highest BCUT2D eigenvalue weighted by Gasteiger charge is 2.31. The van der Waals surface area contributed by atoms with E-state index in [4.69, 9.17) is 0 Å². The summed E-state index contributed by atoms with van der Waals surface area (Å²) in [4.78, 5) is 13.9. The monoisotopic (exact) mass is 243 g/mol. The van der Waals surface area contributed by atoms with E-state index in [1.807, 2.05) is 6.20 Å². The molecule has 0 saturated carbocycles. The van der Waals surface area contributed by atoms with Crippen LogP contribution in [-0.2, 0) is 4.79 Å². The standard InChI is InChI=1S/C16H21NO/c1-12-5-7-14(8-6-12)17-10-9-16(3,4)15(11-17)13(2)18/h5-8,11H,9-10H2,1-4H3. The van der Waals surface area contributed by atoms with Crippen LogP contribution in [0.3, 0.4) is 0 Å². The van der Waals surface area contributed by atoms with Gasteiger partial charge in [-0.05, 0) is 37.8 Å².